The van der Waals surface area contributed by atoms with Gasteiger partial charge in [-0.3, -0.25) is 4.52 Å². The third-order valence-electron chi connectivity index (χ3n) is 3.95. The molecule has 1 unspecified atom stereocenters. The highest BCUT2D eigenvalue weighted by Gasteiger charge is 2.22. The Balaban J connectivity index is 1.97. The molecule has 0 aromatic heterocycles. The highest BCUT2D eigenvalue weighted by Crippen LogP contribution is 2.38. The number of para-hydroxylation sites is 1. The fraction of sp³-hybridized carbons (Fsp3) is 0.700. The van der Waals surface area contributed by atoms with Gasteiger partial charge >= 0.3 is 7.82 Å². The van der Waals surface area contributed by atoms with E-state index in [0.717, 1.165) is 31.4 Å². The molecule has 0 saturated heterocycles. The fourth-order valence-corrected chi connectivity index (χ4v) is 3.10. The van der Waals surface area contributed by atoms with Crippen LogP contribution in [0.4, 0.5) is 0 Å². The van der Waals surface area contributed by atoms with E-state index in [1.807, 2.05) is 30.3 Å². The lowest BCUT2D eigenvalue weighted by atomic mass is 10.1. The van der Waals surface area contributed by atoms with Crippen molar-refractivity contribution in [3.8, 4) is 5.75 Å². The van der Waals surface area contributed by atoms with Crippen LogP contribution in [-0.4, -0.2) is 62.1 Å². The summed E-state index contributed by atoms with van der Waals surface area (Å²) >= 11 is 0. The van der Waals surface area contributed by atoms with Crippen LogP contribution in [0, 0.1) is 0 Å². The highest BCUT2D eigenvalue weighted by atomic mass is 31.2. The lowest BCUT2D eigenvalue weighted by Crippen LogP contribution is -2.21. The average Bonchev–Trinajstić information content (AvgIpc) is 2.69. The lowest BCUT2D eigenvalue weighted by molar-refractivity contribution is -0.0136. The Hall–Kier alpha value is -0.990. The number of phosphoric ester groups is 1. The second-order valence-corrected chi connectivity index (χ2v) is 7.72. The quantitative estimate of drug-likeness (QED) is 0.252. The molecular weight excluding hydrogens is 399 g/mol. The van der Waals surface area contributed by atoms with E-state index in [1.165, 1.54) is 0 Å². The van der Waals surface area contributed by atoms with Crippen molar-refractivity contribution in [2.24, 2.45) is 0 Å². The van der Waals surface area contributed by atoms with Crippen molar-refractivity contribution in [3.63, 3.8) is 0 Å². The van der Waals surface area contributed by atoms with Crippen LogP contribution in [0.25, 0.3) is 0 Å². The predicted octanol–water partition coefficient (Wildman–Crippen LogP) is 3.56. The van der Waals surface area contributed by atoms with E-state index < -0.39 is 13.9 Å². The number of hydrogen-bond donors (Lipinski definition) is 2. The summed E-state index contributed by atoms with van der Waals surface area (Å²) in [6, 6.07) is 9.55. The number of phosphoric acid groups is 1. The Labute approximate surface area is 173 Å². The molecule has 1 aromatic carbocycles. The zero-order chi connectivity index (χ0) is 21.2. The summed E-state index contributed by atoms with van der Waals surface area (Å²) in [7, 11) is -4.52. The van der Waals surface area contributed by atoms with Gasteiger partial charge in [-0.15, -0.1) is 0 Å². The van der Waals surface area contributed by atoms with Crippen LogP contribution in [0.1, 0.15) is 39.0 Å². The first-order valence-electron chi connectivity index (χ1n) is 10.2. The molecule has 2 N–H and O–H groups in total. The minimum Gasteiger partial charge on any atom is -0.491 e. The normalized spacial score (nSPS) is 12.8. The standard InChI is InChI=1S/C20H35O8P/c1-2-3-4-6-11-20(28-29(21,22)23)18-26-15-14-24-12-13-25-16-17-27-19-9-7-5-8-10-19/h5,7-10,20H,2-4,6,11-18H2,1H3,(H2,21,22,23). The molecule has 29 heavy (non-hydrogen) atoms. The smallest absolute Gasteiger partial charge is 0.469 e. The molecule has 1 aromatic rings. The fourth-order valence-electron chi connectivity index (χ4n) is 2.55. The monoisotopic (exact) mass is 434 g/mol. The van der Waals surface area contributed by atoms with Crippen molar-refractivity contribution in [2.45, 2.75) is 45.1 Å². The van der Waals surface area contributed by atoms with Gasteiger partial charge in [-0.25, -0.2) is 4.57 Å². The van der Waals surface area contributed by atoms with Gasteiger partial charge in [0.05, 0.1) is 45.7 Å². The first kappa shape index (κ1) is 26.0. The summed E-state index contributed by atoms with van der Waals surface area (Å²) in [6.07, 6.45) is 4.01. The van der Waals surface area contributed by atoms with Gasteiger partial charge in [0.1, 0.15) is 12.4 Å². The summed E-state index contributed by atoms with van der Waals surface area (Å²) in [6.45, 7) is 4.80. The van der Waals surface area contributed by atoms with Crippen LogP contribution < -0.4 is 4.74 Å². The summed E-state index contributed by atoms with van der Waals surface area (Å²) in [5.74, 6) is 0.816. The van der Waals surface area contributed by atoms with Crippen molar-refractivity contribution >= 4 is 7.82 Å². The highest BCUT2D eigenvalue weighted by molar-refractivity contribution is 7.46. The van der Waals surface area contributed by atoms with Crippen LogP contribution in [0.2, 0.25) is 0 Å². The third-order valence-corrected chi connectivity index (χ3v) is 4.53. The first-order chi connectivity index (χ1) is 14.0. The van der Waals surface area contributed by atoms with Gasteiger partial charge in [0.2, 0.25) is 0 Å². The molecule has 0 spiro atoms. The molecule has 8 nitrogen and oxygen atoms in total. The molecule has 0 saturated carbocycles. The van der Waals surface area contributed by atoms with E-state index in [4.69, 9.17) is 33.3 Å². The number of ether oxygens (including phenoxy) is 4. The van der Waals surface area contributed by atoms with Crippen molar-refractivity contribution < 1.29 is 37.8 Å². The van der Waals surface area contributed by atoms with E-state index in [-0.39, 0.29) is 6.61 Å². The average molecular weight is 434 g/mol. The molecule has 168 valence electrons. The Morgan fingerprint density at radius 3 is 2.10 bits per heavy atom. The topological polar surface area (TPSA) is 104 Å². The van der Waals surface area contributed by atoms with E-state index >= 15 is 0 Å². The summed E-state index contributed by atoms with van der Waals surface area (Å²) in [4.78, 5) is 18.0. The minimum atomic E-state index is -4.52. The molecule has 0 aliphatic heterocycles. The Morgan fingerprint density at radius 1 is 0.862 bits per heavy atom. The van der Waals surface area contributed by atoms with Crippen LogP contribution in [0.15, 0.2) is 30.3 Å². The van der Waals surface area contributed by atoms with Gasteiger partial charge < -0.3 is 28.7 Å². The molecular formula is C20H35O8P. The van der Waals surface area contributed by atoms with Crippen molar-refractivity contribution in [2.75, 3.05) is 46.2 Å². The maximum atomic E-state index is 11.1. The van der Waals surface area contributed by atoms with Crippen LogP contribution in [-0.2, 0) is 23.3 Å². The molecule has 1 atom stereocenters. The van der Waals surface area contributed by atoms with Gasteiger partial charge in [-0.1, -0.05) is 50.8 Å². The first-order valence-corrected chi connectivity index (χ1v) is 11.7. The van der Waals surface area contributed by atoms with Gasteiger partial charge in [-0.2, -0.15) is 0 Å². The molecule has 0 bridgehead atoms. The van der Waals surface area contributed by atoms with Crippen LogP contribution in [0.3, 0.4) is 0 Å². The number of hydrogen-bond acceptors (Lipinski definition) is 6. The second-order valence-electron chi connectivity index (χ2n) is 6.53. The molecule has 0 radical (unpaired) electrons. The summed E-state index contributed by atoms with van der Waals surface area (Å²) < 4.78 is 37.6. The van der Waals surface area contributed by atoms with Gasteiger partial charge in [0.15, 0.2) is 0 Å². The van der Waals surface area contributed by atoms with Crippen molar-refractivity contribution in [3.05, 3.63) is 30.3 Å². The molecule has 0 heterocycles. The van der Waals surface area contributed by atoms with Crippen LogP contribution >= 0.6 is 7.82 Å². The molecule has 1 rings (SSSR count). The molecule has 0 aliphatic rings. The minimum absolute atomic E-state index is 0.133. The van der Waals surface area contributed by atoms with Crippen LogP contribution in [0.5, 0.6) is 5.75 Å². The van der Waals surface area contributed by atoms with Gasteiger partial charge in [0, 0.05) is 0 Å². The Bertz CT molecular complexity index is 537. The second kappa shape index (κ2) is 16.8. The van der Waals surface area contributed by atoms with Crippen molar-refractivity contribution in [1.82, 2.24) is 0 Å². The van der Waals surface area contributed by atoms with Crippen molar-refractivity contribution in [1.29, 1.82) is 0 Å². The zero-order valence-corrected chi connectivity index (χ0v) is 18.1. The Kier molecular flexibility index (Phi) is 15.1. The predicted molar refractivity (Wildman–Crippen MR) is 110 cm³/mol. The van der Waals surface area contributed by atoms with Gasteiger partial charge in [0.25, 0.3) is 0 Å². The Morgan fingerprint density at radius 2 is 1.48 bits per heavy atom. The van der Waals surface area contributed by atoms with E-state index in [0.29, 0.717) is 46.1 Å². The zero-order valence-electron chi connectivity index (χ0n) is 17.2. The molecule has 0 aliphatic carbocycles. The summed E-state index contributed by atoms with van der Waals surface area (Å²) in [5.41, 5.74) is 0. The SMILES string of the molecule is CCCCCCC(COCCOCCOCCOc1ccccc1)OP(=O)(O)O. The summed E-state index contributed by atoms with van der Waals surface area (Å²) in [5, 5.41) is 0. The lowest BCUT2D eigenvalue weighted by Gasteiger charge is -2.18. The molecule has 9 heteroatoms. The van der Waals surface area contributed by atoms with E-state index in [2.05, 4.69) is 6.92 Å². The maximum absolute atomic E-state index is 11.1. The number of unbranched alkanes of at least 4 members (excludes halogenated alkanes) is 3. The largest absolute Gasteiger partial charge is 0.491 e. The molecule has 0 amide bonds. The number of rotatable bonds is 19. The maximum Gasteiger partial charge on any atom is 0.469 e. The third kappa shape index (κ3) is 16.5. The van der Waals surface area contributed by atoms with E-state index in [1.54, 1.807) is 0 Å². The molecule has 0 fully saturated rings. The van der Waals surface area contributed by atoms with E-state index in [9.17, 15) is 4.57 Å². The number of benzene rings is 1. The van der Waals surface area contributed by atoms with Gasteiger partial charge in [-0.05, 0) is 18.6 Å².